The number of rotatable bonds is 4. The Balaban J connectivity index is 1.30. The molecule has 9 heteroatoms. The number of anilines is 1. The molecular weight excluding hydrogens is 448 g/mol. The van der Waals surface area contributed by atoms with Gasteiger partial charge >= 0.3 is 12.0 Å². The maximum Gasteiger partial charge on any atom is 0.335 e. The molecule has 3 heterocycles. The zero-order valence-corrected chi connectivity index (χ0v) is 19.5. The molecule has 184 valence electrons. The topological polar surface area (TPSA) is 121 Å². The number of hydrogen-bond acceptors (Lipinski definition) is 4. The Labute approximate surface area is 203 Å². The first kappa shape index (κ1) is 23.1. The van der Waals surface area contributed by atoms with E-state index >= 15 is 0 Å². The molecule has 2 aromatic rings. The van der Waals surface area contributed by atoms with Gasteiger partial charge in [0.1, 0.15) is 5.69 Å². The second-order valence-corrected chi connectivity index (χ2v) is 9.92. The van der Waals surface area contributed by atoms with Crippen molar-refractivity contribution < 1.29 is 19.5 Å². The average Bonchev–Trinajstić information content (AvgIpc) is 2.86. The first-order chi connectivity index (χ1) is 16.9. The van der Waals surface area contributed by atoms with Crippen LogP contribution in [-0.2, 0) is 6.54 Å². The zero-order chi connectivity index (χ0) is 24.5. The molecule has 3 N–H and O–H groups in total. The molecule has 2 aliphatic heterocycles. The van der Waals surface area contributed by atoms with Gasteiger partial charge in [0, 0.05) is 42.9 Å². The maximum atomic E-state index is 13.2. The van der Waals surface area contributed by atoms with Crippen molar-refractivity contribution in [2.24, 2.45) is 5.92 Å². The van der Waals surface area contributed by atoms with E-state index < -0.39 is 5.97 Å². The number of hydrogen-bond donors (Lipinski definition) is 3. The highest BCUT2D eigenvalue weighted by Crippen LogP contribution is 2.36. The molecule has 35 heavy (non-hydrogen) atoms. The van der Waals surface area contributed by atoms with Gasteiger partial charge in [0.2, 0.25) is 0 Å². The van der Waals surface area contributed by atoms with E-state index in [4.69, 9.17) is 0 Å². The molecule has 3 amide bonds. The van der Waals surface area contributed by atoms with Gasteiger partial charge in [-0.2, -0.15) is 0 Å². The van der Waals surface area contributed by atoms with Gasteiger partial charge in [0.15, 0.2) is 0 Å². The highest BCUT2D eigenvalue weighted by Gasteiger charge is 2.37. The molecule has 0 radical (unpaired) electrons. The quantitative estimate of drug-likeness (QED) is 0.623. The summed E-state index contributed by atoms with van der Waals surface area (Å²) in [6.07, 6.45) is 6.24. The summed E-state index contributed by atoms with van der Waals surface area (Å²) in [5.74, 6) is -1.15. The van der Waals surface area contributed by atoms with Crippen LogP contribution in [0.15, 0.2) is 41.2 Å². The number of benzene rings is 1. The highest BCUT2D eigenvalue weighted by atomic mass is 16.4. The van der Waals surface area contributed by atoms with E-state index in [-0.39, 0.29) is 46.6 Å². The number of carbonyl (C=O) groups is 3. The molecule has 0 spiro atoms. The Morgan fingerprint density at radius 2 is 1.71 bits per heavy atom. The molecule has 1 aromatic carbocycles. The molecule has 2 bridgehead atoms. The van der Waals surface area contributed by atoms with Crippen LogP contribution in [0.5, 0.6) is 0 Å². The van der Waals surface area contributed by atoms with Crippen LogP contribution in [0.1, 0.15) is 70.9 Å². The Bertz CT molecular complexity index is 1220. The van der Waals surface area contributed by atoms with Crippen molar-refractivity contribution in [2.75, 3.05) is 18.4 Å². The summed E-state index contributed by atoms with van der Waals surface area (Å²) in [5, 5.41) is 15.0. The smallest absolute Gasteiger partial charge is 0.335 e. The maximum absolute atomic E-state index is 13.2. The Hall–Kier alpha value is -3.62. The number of carboxylic acids is 1. The first-order valence-corrected chi connectivity index (χ1v) is 12.3. The van der Waals surface area contributed by atoms with E-state index in [1.54, 1.807) is 27.7 Å². The summed E-state index contributed by atoms with van der Waals surface area (Å²) in [7, 11) is 0. The number of aromatic carboxylic acids is 1. The summed E-state index contributed by atoms with van der Waals surface area (Å²) in [5.41, 5.74) is 1.34. The third kappa shape index (κ3) is 4.80. The SMILES string of the molecule is O=C(Nc1ccc2n(c1=O)C[C@H]1C[C@@H]2CN(C(=O)c2cccc(C(=O)O)c2)C1)NC1CCCCC1. The molecule has 5 rings (SSSR count). The monoisotopic (exact) mass is 478 g/mol. The minimum atomic E-state index is -1.07. The lowest BCUT2D eigenvalue weighted by Gasteiger charge is -2.43. The fraction of sp³-hybridized carbons (Fsp3) is 0.462. The van der Waals surface area contributed by atoms with Crippen LogP contribution in [0.25, 0.3) is 0 Å². The van der Waals surface area contributed by atoms with Crippen LogP contribution in [0.3, 0.4) is 0 Å². The molecule has 2 atom stereocenters. The van der Waals surface area contributed by atoms with E-state index in [2.05, 4.69) is 10.6 Å². The molecular formula is C26H30N4O5. The highest BCUT2D eigenvalue weighted by molar-refractivity contribution is 5.97. The number of piperidine rings is 1. The van der Waals surface area contributed by atoms with E-state index in [1.165, 1.54) is 18.6 Å². The summed E-state index contributed by atoms with van der Waals surface area (Å²) in [6, 6.07) is 9.43. The second kappa shape index (κ2) is 9.56. The van der Waals surface area contributed by atoms with Gasteiger partial charge in [-0.05, 0) is 55.5 Å². The average molecular weight is 479 g/mol. The van der Waals surface area contributed by atoms with Crippen LogP contribution >= 0.6 is 0 Å². The lowest BCUT2D eigenvalue weighted by atomic mass is 9.83. The minimum absolute atomic E-state index is 0.00641. The van der Waals surface area contributed by atoms with Crippen molar-refractivity contribution in [2.45, 2.75) is 57.0 Å². The number of fused-ring (bicyclic) bond motifs is 4. The summed E-state index contributed by atoms with van der Waals surface area (Å²) >= 11 is 0. The number of urea groups is 1. The lowest BCUT2D eigenvalue weighted by Crippen LogP contribution is -2.49. The van der Waals surface area contributed by atoms with Crippen LogP contribution in [-0.4, -0.2) is 51.6 Å². The van der Waals surface area contributed by atoms with Gasteiger partial charge in [-0.1, -0.05) is 25.3 Å². The molecule has 2 fully saturated rings. The first-order valence-electron chi connectivity index (χ1n) is 12.3. The molecule has 1 saturated heterocycles. The summed E-state index contributed by atoms with van der Waals surface area (Å²) in [4.78, 5) is 51.8. The van der Waals surface area contributed by atoms with Crippen molar-refractivity contribution >= 4 is 23.6 Å². The van der Waals surface area contributed by atoms with Gasteiger partial charge in [-0.25, -0.2) is 9.59 Å². The fourth-order valence-electron chi connectivity index (χ4n) is 5.77. The van der Waals surface area contributed by atoms with Crippen LogP contribution < -0.4 is 16.2 Å². The van der Waals surface area contributed by atoms with Crippen LogP contribution in [0, 0.1) is 5.92 Å². The van der Waals surface area contributed by atoms with Gasteiger partial charge in [0.05, 0.1) is 5.56 Å². The van der Waals surface area contributed by atoms with E-state index in [0.717, 1.165) is 37.8 Å². The number of likely N-dealkylation sites (tertiary alicyclic amines) is 1. The molecule has 0 unspecified atom stereocenters. The van der Waals surface area contributed by atoms with Crippen molar-refractivity contribution in [3.05, 3.63) is 63.6 Å². The van der Waals surface area contributed by atoms with Gasteiger partial charge in [-0.15, -0.1) is 0 Å². The number of amides is 3. The lowest BCUT2D eigenvalue weighted by molar-refractivity contribution is 0.0594. The molecule has 9 nitrogen and oxygen atoms in total. The fourth-order valence-corrected chi connectivity index (χ4v) is 5.77. The largest absolute Gasteiger partial charge is 0.478 e. The second-order valence-electron chi connectivity index (χ2n) is 9.92. The predicted octanol–water partition coefficient (Wildman–Crippen LogP) is 3.26. The molecule has 3 aliphatic rings. The third-order valence-electron chi connectivity index (χ3n) is 7.44. The number of carboxylic acid groups (broad SMARTS) is 1. The molecule has 1 aliphatic carbocycles. The number of carbonyl (C=O) groups excluding carboxylic acids is 2. The van der Waals surface area contributed by atoms with Crippen LogP contribution in [0.2, 0.25) is 0 Å². The van der Waals surface area contributed by atoms with Gasteiger partial charge in [0.25, 0.3) is 11.5 Å². The Morgan fingerprint density at radius 1 is 0.943 bits per heavy atom. The van der Waals surface area contributed by atoms with Crippen LogP contribution in [0.4, 0.5) is 10.5 Å². The standard InChI is InChI=1S/C26H30N4O5/c31-23(17-5-4-6-18(12-17)25(33)34)29-13-16-11-19(15-29)22-10-9-21(24(32)30(22)14-16)28-26(35)27-20-7-2-1-3-8-20/h4-6,9-10,12,16,19-20H,1-3,7-8,11,13-15H2,(H,33,34)(H2,27,28,35)/t16-,19+/m0/s1. The number of pyridine rings is 1. The Morgan fingerprint density at radius 3 is 2.49 bits per heavy atom. The van der Waals surface area contributed by atoms with Crippen molar-refractivity contribution in [3.8, 4) is 0 Å². The van der Waals surface area contributed by atoms with Gasteiger partial charge in [-0.3, -0.25) is 9.59 Å². The van der Waals surface area contributed by atoms with Gasteiger partial charge < -0.3 is 25.2 Å². The van der Waals surface area contributed by atoms with E-state index in [0.29, 0.717) is 25.2 Å². The third-order valence-corrected chi connectivity index (χ3v) is 7.44. The normalized spacial score (nSPS) is 21.7. The van der Waals surface area contributed by atoms with E-state index in [9.17, 15) is 24.3 Å². The predicted molar refractivity (Wildman–Crippen MR) is 130 cm³/mol. The number of nitrogens with one attached hydrogen (secondary N) is 2. The van der Waals surface area contributed by atoms with Crippen molar-refractivity contribution in [1.82, 2.24) is 14.8 Å². The van der Waals surface area contributed by atoms with Crippen molar-refractivity contribution in [3.63, 3.8) is 0 Å². The molecule has 1 aromatic heterocycles. The zero-order valence-electron chi connectivity index (χ0n) is 19.5. The summed E-state index contributed by atoms with van der Waals surface area (Å²) in [6.45, 7) is 1.43. The Kier molecular flexibility index (Phi) is 6.32. The number of nitrogens with zero attached hydrogens (tertiary/aromatic N) is 2. The minimum Gasteiger partial charge on any atom is -0.478 e. The number of aromatic nitrogens is 1. The molecule has 1 saturated carbocycles. The summed E-state index contributed by atoms with van der Waals surface area (Å²) < 4.78 is 1.74. The van der Waals surface area contributed by atoms with Crippen molar-refractivity contribution in [1.29, 1.82) is 0 Å². The van der Waals surface area contributed by atoms with E-state index in [1.807, 2.05) is 6.07 Å².